The Bertz CT molecular complexity index is 496. The molecule has 0 saturated carbocycles. The first-order valence-corrected chi connectivity index (χ1v) is 4.35. The molecule has 0 atom stereocenters. The fourth-order valence-electron chi connectivity index (χ4n) is 1.09. The van der Waals surface area contributed by atoms with Gasteiger partial charge in [0.15, 0.2) is 0 Å². The van der Waals surface area contributed by atoms with Crippen molar-refractivity contribution in [3.05, 3.63) is 35.3 Å². The molecule has 0 aliphatic rings. The number of carboxylic acids is 1. The molecule has 0 unspecified atom stereocenters. The summed E-state index contributed by atoms with van der Waals surface area (Å²) in [5, 5.41) is 12.6. The number of nitrogens with zero attached hydrogens (tertiary/aromatic N) is 2. The van der Waals surface area contributed by atoms with Gasteiger partial charge in [-0.15, -0.1) is 0 Å². The second-order valence-corrected chi connectivity index (χ2v) is 3.21. The number of aromatic nitrogens is 2. The minimum atomic E-state index is -1.13. The van der Waals surface area contributed by atoms with Gasteiger partial charge in [-0.05, 0) is 12.1 Å². The number of aromatic carboxylic acids is 1. The molecule has 0 aliphatic carbocycles. The van der Waals surface area contributed by atoms with Crippen molar-refractivity contribution in [3.8, 4) is 11.3 Å². The number of pyridine rings is 1. The minimum Gasteiger partial charge on any atom is -0.477 e. The molecule has 2 rings (SSSR count). The zero-order valence-electron chi connectivity index (χ0n) is 7.35. The van der Waals surface area contributed by atoms with Crippen LogP contribution >= 0.6 is 11.6 Å². The van der Waals surface area contributed by atoms with Crippen LogP contribution in [-0.4, -0.2) is 21.2 Å². The molecule has 0 spiro atoms. The summed E-state index contributed by atoms with van der Waals surface area (Å²) in [5.74, 6) is -1.13. The van der Waals surface area contributed by atoms with E-state index < -0.39 is 5.97 Å². The van der Waals surface area contributed by atoms with Gasteiger partial charge in [0, 0.05) is 5.02 Å². The number of hydrogen-bond acceptors (Lipinski definition) is 4. The van der Waals surface area contributed by atoms with Crippen LogP contribution in [0.2, 0.25) is 5.02 Å². The van der Waals surface area contributed by atoms with E-state index in [1.165, 1.54) is 18.5 Å². The molecule has 2 aromatic heterocycles. The number of carbonyl (C=O) groups is 1. The third-order valence-corrected chi connectivity index (χ3v) is 1.96. The van der Waals surface area contributed by atoms with Crippen molar-refractivity contribution in [1.29, 1.82) is 0 Å². The second-order valence-electron chi connectivity index (χ2n) is 2.77. The maximum Gasteiger partial charge on any atom is 0.354 e. The van der Waals surface area contributed by atoms with Crippen LogP contribution in [0.25, 0.3) is 11.3 Å². The lowest BCUT2D eigenvalue weighted by atomic mass is 10.2. The van der Waals surface area contributed by atoms with Crippen LogP contribution in [0.4, 0.5) is 0 Å². The Morgan fingerprint density at radius 3 is 2.87 bits per heavy atom. The first-order chi connectivity index (χ1) is 7.16. The highest BCUT2D eigenvalue weighted by Gasteiger charge is 2.10. The molecule has 1 N–H and O–H groups in total. The average Bonchev–Trinajstić information content (AvgIpc) is 2.69. The second kappa shape index (κ2) is 3.70. The molecule has 0 fully saturated rings. The highest BCUT2D eigenvalue weighted by molar-refractivity contribution is 6.31. The molecular weight excluding hydrogens is 220 g/mol. The molecule has 6 heteroatoms. The smallest absolute Gasteiger partial charge is 0.354 e. The van der Waals surface area contributed by atoms with Crippen molar-refractivity contribution < 1.29 is 14.4 Å². The summed E-state index contributed by atoms with van der Waals surface area (Å²) < 4.78 is 4.63. The summed E-state index contributed by atoms with van der Waals surface area (Å²) in [7, 11) is 0. The monoisotopic (exact) mass is 224 g/mol. The van der Waals surface area contributed by atoms with Crippen LogP contribution in [0.1, 0.15) is 10.5 Å². The summed E-state index contributed by atoms with van der Waals surface area (Å²) in [6.45, 7) is 0. The van der Waals surface area contributed by atoms with E-state index >= 15 is 0 Å². The maximum absolute atomic E-state index is 10.7. The molecule has 0 amide bonds. The lowest BCUT2D eigenvalue weighted by Gasteiger charge is -1.99. The molecule has 5 nitrogen and oxygen atoms in total. The minimum absolute atomic E-state index is 0.112. The van der Waals surface area contributed by atoms with E-state index in [2.05, 4.69) is 14.7 Å². The van der Waals surface area contributed by atoms with Gasteiger partial charge in [-0.3, -0.25) is 0 Å². The van der Waals surface area contributed by atoms with E-state index in [0.29, 0.717) is 16.3 Å². The van der Waals surface area contributed by atoms with Crippen molar-refractivity contribution >= 4 is 17.6 Å². The van der Waals surface area contributed by atoms with Gasteiger partial charge >= 0.3 is 5.97 Å². The van der Waals surface area contributed by atoms with Gasteiger partial charge in [-0.2, -0.15) is 0 Å². The van der Waals surface area contributed by atoms with Gasteiger partial charge in [-0.25, -0.2) is 9.78 Å². The zero-order valence-corrected chi connectivity index (χ0v) is 8.10. The van der Waals surface area contributed by atoms with Crippen molar-refractivity contribution in [2.45, 2.75) is 0 Å². The topological polar surface area (TPSA) is 76.2 Å². The summed E-state index contributed by atoms with van der Waals surface area (Å²) in [6.07, 6.45) is 2.80. The molecule has 2 aromatic rings. The Balaban J connectivity index is 2.54. The molecule has 0 saturated heterocycles. The standard InChI is InChI=1S/C9H5ClN2O3/c10-6-1-7(5-3-11-15-4-5)12-8(2-6)9(13)14/h1-4H,(H,13,14). The number of halogens is 1. The van der Waals surface area contributed by atoms with Gasteiger partial charge in [0.2, 0.25) is 0 Å². The van der Waals surface area contributed by atoms with Crippen molar-refractivity contribution in [3.63, 3.8) is 0 Å². The molecule has 0 aliphatic heterocycles. The third kappa shape index (κ3) is 1.97. The zero-order chi connectivity index (χ0) is 10.8. The Hall–Kier alpha value is -1.88. The fraction of sp³-hybridized carbons (Fsp3) is 0. The average molecular weight is 225 g/mol. The van der Waals surface area contributed by atoms with Gasteiger partial charge in [0.25, 0.3) is 0 Å². The predicted molar refractivity (Wildman–Crippen MR) is 51.7 cm³/mol. The Labute approximate surface area is 89.3 Å². The quantitative estimate of drug-likeness (QED) is 0.845. The highest BCUT2D eigenvalue weighted by atomic mass is 35.5. The Kier molecular flexibility index (Phi) is 2.39. The normalized spacial score (nSPS) is 10.2. The lowest BCUT2D eigenvalue weighted by Crippen LogP contribution is -2.00. The first-order valence-electron chi connectivity index (χ1n) is 3.97. The predicted octanol–water partition coefficient (Wildman–Crippen LogP) is 2.09. The van der Waals surface area contributed by atoms with Crippen LogP contribution in [0.3, 0.4) is 0 Å². The molecular formula is C9H5ClN2O3. The summed E-state index contributed by atoms with van der Waals surface area (Å²) >= 11 is 5.76. The van der Waals surface area contributed by atoms with E-state index in [-0.39, 0.29) is 5.69 Å². The van der Waals surface area contributed by atoms with Crippen molar-refractivity contribution in [1.82, 2.24) is 10.1 Å². The summed E-state index contributed by atoms with van der Waals surface area (Å²) in [5.41, 5.74) is 0.889. The molecule has 2 heterocycles. The molecule has 0 bridgehead atoms. The molecule has 0 aromatic carbocycles. The largest absolute Gasteiger partial charge is 0.477 e. The fourth-order valence-corrected chi connectivity index (χ4v) is 1.29. The Morgan fingerprint density at radius 1 is 1.47 bits per heavy atom. The van der Waals surface area contributed by atoms with E-state index in [9.17, 15) is 4.79 Å². The van der Waals surface area contributed by atoms with Crippen molar-refractivity contribution in [2.24, 2.45) is 0 Å². The van der Waals surface area contributed by atoms with Crippen LogP contribution in [0.5, 0.6) is 0 Å². The SMILES string of the molecule is O=C(O)c1cc(Cl)cc(-c2cnoc2)n1. The van der Waals surface area contributed by atoms with E-state index in [4.69, 9.17) is 16.7 Å². The highest BCUT2D eigenvalue weighted by Crippen LogP contribution is 2.21. The van der Waals surface area contributed by atoms with E-state index in [1.807, 2.05) is 0 Å². The third-order valence-electron chi connectivity index (χ3n) is 1.74. The maximum atomic E-state index is 10.7. The summed E-state index contributed by atoms with van der Waals surface area (Å²) in [6, 6.07) is 2.82. The number of rotatable bonds is 2. The number of carboxylic acid groups (broad SMARTS) is 1. The van der Waals surface area contributed by atoms with Crippen LogP contribution < -0.4 is 0 Å². The first kappa shape index (κ1) is 9.67. The molecule has 0 radical (unpaired) electrons. The van der Waals surface area contributed by atoms with Crippen molar-refractivity contribution in [2.75, 3.05) is 0 Å². The van der Waals surface area contributed by atoms with Gasteiger partial charge < -0.3 is 9.63 Å². The van der Waals surface area contributed by atoms with Gasteiger partial charge in [0.05, 0.1) is 17.5 Å². The molecule has 76 valence electrons. The van der Waals surface area contributed by atoms with E-state index in [0.717, 1.165) is 0 Å². The van der Waals surface area contributed by atoms with Crippen LogP contribution in [0.15, 0.2) is 29.1 Å². The van der Waals surface area contributed by atoms with Crippen LogP contribution in [-0.2, 0) is 0 Å². The van der Waals surface area contributed by atoms with Crippen LogP contribution in [0, 0.1) is 0 Å². The Morgan fingerprint density at radius 2 is 2.27 bits per heavy atom. The summed E-state index contributed by atoms with van der Waals surface area (Å²) in [4.78, 5) is 14.6. The van der Waals surface area contributed by atoms with Gasteiger partial charge in [0.1, 0.15) is 12.0 Å². The van der Waals surface area contributed by atoms with Gasteiger partial charge in [-0.1, -0.05) is 16.8 Å². The lowest BCUT2D eigenvalue weighted by molar-refractivity contribution is 0.0690. The molecule has 15 heavy (non-hydrogen) atoms. The van der Waals surface area contributed by atoms with E-state index in [1.54, 1.807) is 6.07 Å². The number of hydrogen-bond donors (Lipinski definition) is 1.